The molecule has 520 valence electrons. The summed E-state index contributed by atoms with van der Waals surface area (Å²) in [5.74, 6) is -0.772. The summed E-state index contributed by atoms with van der Waals surface area (Å²) in [5.41, 5.74) is 0. The van der Waals surface area contributed by atoms with Crippen molar-refractivity contribution in [2.24, 2.45) is 0 Å². The molecule has 0 saturated heterocycles. The fourth-order valence-electron chi connectivity index (χ4n) is 11.7. The van der Waals surface area contributed by atoms with E-state index < -0.39 is 26.5 Å². The number of nitrogens with zero attached hydrogens (tertiary/aromatic N) is 1. The van der Waals surface area contributed by atoms with Gasteiger partial charge in [0.1, 0.15) is 19.8 Å². The van der Waals surface area contributed by atoms with Crippen molar-refractivity contribution in [3.05, 3.63) is 36.5 Å². The van der Waals surface area contributed by atoms with Crippen LogP contribution in [0.25, 0.3) is 0 Å². The number of ether oxygens (including phenoxy) is 2. The summed E-state index contributed by atoms with van der Waals surface area (Å²) < 4.78 is 34.8. The highest BCUT2D eigenvalue weighted by Crippen LogP contribution is 2.43. The van der Waals surface area contributed by atoms with Crippen LogP contribution in [0.3, 0.4) is 0 Å². The highest BCUT2D eigenvalue weighted by atomic mass is 31.2. The third kappa shape index (κ3) is 73.3. The molecule has 0 radical (unpaired) electrons. The average molecular weight is 1260 g/mol. The SMILES string of the molecule is CCCCCCC/C=C\C/C=C\CCCCCCCCCCCCCCCCCCCCCCCC(=O)OC(COC(=O)CCCCCCCCCCCCCCCCCCCCC/C=C\CCCCCCCCCC)COP(=O)(O)OCC[N+](C)(C)C. The number of quaternary nitrogens is 1. The van der Waals surface area contributed by atoms with Crippen LogP contribution in [0.5, 0.6) is 0 Å². The summed E-state index contributed by atoms with van der Waals surface area (Å²) in [6.07, 6.45) is 90.0. The lowest BCUT2D eigenvalue weighted by Gasteiger charge is -2.24. The van der Waals surface area contributed by atoms with E-state index in [4.69, 9.17) is 18.5 Å². The maximum Gasteiger partial charge on any atom is 0.472 e. The first-order valence-corrected chi connectivity index (χ1v) is 40.2. The summed E-state index contributed by atoms with van der Waals surface area (Å²) in [4.78, 5) is 36.0. The van der Waals surface area contributed by atoms with Crippen molar-refractivity contribution in [2.45, 2.75) is 405 Å². The number of hydrogen-bond acceptors (Lipinski definition) is 7. The Hall–Kier alpha value is -1.77. The summed E-state index contributed by atoms with van der Waals surface area (Å²) in [7, 11) is 1.50. The maximum atomic E-state index is 12.9. The number of phosphoric ester groups is 1. The van der Waals surface area contributed by atoms with Crippen LogP contribution in [0.1, 0.15) is 399 Å². The van der Waals surface area contributed by atoms with Crippen molar-refractivity contribution in [3.8, 4) is 0 Å². The highest BCUT2D eigenvalue weighted by Gasteiger charge is 2.27. The minimum atomic E-state index is -4.39. The molecule has 0 fully saturated rings. The van der Waals surface area contributed by atoms with Gasteiger partial charge in [-0.15, -0.1) is 0 Å². The van der Waals surface area contributed by atoms with Gasteiger partial charge in [-0.3, -0.25) is 18.6 Å². The molecule has 0 spiro atoms. The number of phosphoric acid groups is 1. The van der Waals surface area contributed by atoms with Crippen LogP contribution in [0.4, 0.5) is 0 Å². The van der Waals surface area contributed by atoms with Gasteiger partial charge in [-0.05, 0) is 70.6 Å². The van der Waals surface area contributed by atoms with Crippen molar-refractivity contribution in [1.29, 1.82) is 0 Å². The van der Waals surface area contributed by atoms with Gasteiger partial charge in [-0.1, -0.05) is 352 Å². The zero-order chi connectivity index (χ0) is 64.1. The van der Waals surface area contributed by atoms with E-state index in [9.17, 15) is 19.0 Å². The Bertz CT molecular complexity index is 1580. The van der Waals surface area contributed by atoms with E-state index in [-0.39, 0.29) is 25.6 Å². The van der Waals surface area contributed by atoms with E-state index in [1.54, 1.807) is 0 Å². The molecule has 0 heterocycles. The second kappa shape index (κ2) is 69.6. The standard InChI is InChI=1S/C78H150NO8P/c1-6-8-10-12-14-16-18-20-22-24-26-28-30-32-34-36-38-39-41-43-45-47-49-51-53-55-57-59-61-63-65-67-69-71-78(81)87-76(75-86-88(82,83)85-73-72-79(3,4)5)74-84-77(80)70-68-66-64-62-60-58-56-54-52-50-48-46-44-42-40-37-35-33-31-29-27-25-23-21-19-17-15-13-11-9-7-2/h18,20,24-27,76H,6-17,19,21-23,28-75H2,1-5H3/p+1/b20-18-,26-24-,27-25-. The molecule has 1 N–H and O–H groups in total. The summed E-state index contributed by atoms with van der Waals surface area (Å²) in [6.45, 7) is 4.50. The number of allylic oxidation sites excluding steroid dienone is 6. The predicted octanol–water partition coefficient (Wildman–Crippen LogP) is 25.4. The number of carbonyl (C=O) groups excluding carboxylic acids is 2. The Balaban J connectivity index is 3.93. The number of likely N-dealkylation sites (N-methyl/N-ethyl adjacent to an activating group) is 1. The lowest BCUT2D eigenvalue weighted by atomic mass is 10.0. The van der Waals surface area contributed by atoms with Crippen molar-refractivity contribution in [1.82, 2.24) is 0 Å². The molecule has 0 saturated carbocycles. The monoisotopic (exact) mass is 1260 g/mol. The topological polar surface area (TPSA) is 108 Å². The van der Waals surface area contributed by atoms with Crippen molar-refractivity contribution >= 4 is 19.8 Å². The molecule has 0 aliphatic heterocycles. The molecule has 0 aliphatic carbocycles. The van der Waals surface area contributed by atoms with Gasteiger partial charge in [-0.2, -0.15) is 0 Å². The van der Waals surface area contributed by atoms with Crippen LogP contribution in [0.2, 0.25) is 0 Å². The van der Waals surface area contributed by atoms with Gasteiger partial charge < -0.3 is 18.9 Å². The first-order valence-electron chi connectivity index (χ1n) is 38.7. The average Bonchev–Trinajstić information content (AvgIpc) is 3.56. The van der Waals surface area contributed by atoms with Gasteiger partial charge in [0.15, 0.2) is 6.10 Å². The highest BCUT2D eigenvalue weighted by molar-refractivity contribution is 7.47. The van der Waals surface area contributed by atoms with E-state index in [0.29, 0.717) is 23.9 Å². The zero-order valence-corrected chi connectivity index (χ0v) is 60.4. The van der Waals surface area contributed by atoms with E-state index in [1.807, 2.05) is 21.1 Å². The number of rotatable bonds is 73. The smallest absolute Gasteiger partial charge is 0.462 e. The fourth-order valence-corrected chi connectivity index (χ4v) is 12.4. The molecule has 0 rings (SSSR count). The third-order valence-corrected chi connectivity index (χ3v) is 18.6. The summed E-state index contributed by atoms with van der Waals surface area (Å²) >= 11 is 0. The van der Waals surface area contributed by atoms with Crippen molar-refractivity contribution in [3.63, 3.8) is 0 Å². The number of hydrogen-bond donors (Lipinski definition) is 1. The minimum Gasteiger partial charge on any atom is -0.462 e. The largest absolute Gasteiger partial charge is 0.472 e. The molecule has 2 unspecified atom stereocenters. The van der Waals surface area contributed by atoms with E-state index in [0.717, 1.165) is 38.5 Å². The summed E-state index contributed by atoms with van der Waals surface area (Å²) in [6, 6.07) is 0. The lowest BCUT2D eigenvalue weighted by Crippen LogP contribution is -2.37. The molecule has 0 aliphatic rings. The molecule has 10 heteroatoms. The third-order valence-electron chi connectivity index (χ3n) is 17.6. The minimum absolute atomic E-state index is 0.0351. The van der Waals surface area contributed by atoms with Gasteiger partial charge >= 0.3 is 19.8 Å². The molecule has 0 aromatic heterocycles. The number of unbranched alkanes of at least 4 members (excludes halogenated alkanes) is 53. The van der Waals surface area contributed by atoms with Gasteiger partial charge in [-0.25, -0.2) is 4.57 Å². The molecule has 2 atom stereocenters. The van der Waals surface area contributed by atoms with Gasteiger partial charge in [0.25, 0.3) is 0 Å². The van der Waals surface area contributed by atoms with Crippen molar-refractivity contribution in [2.75, 3.05) is 47.5 Å². The second-order valence-electron chi connectivity index (χ2n) is 27.7. The maximum absolute atomic E-state index is 12.9. The van der Waals surface area contributed by atoms with E-state index >= 15 is 0 Å². The molecular formula is C78H151NO8P+. The van der Waals surface area contributed by atoms with Gasteiger partial charge in [0.2, 0.25) is 0 Å². The molecule has 88 heavy (non-hydrogen) atoms. The van der Waals surface area contributed by atoms with E-state index in [2.05, 4.69) is 50.3 Å². The van der Waals surface area contributed by atoms with Crippen LogP contribution in [-0.4, -0.2) is 74.9 Å². The quantitative estimate of drug-likeness (QED) is 0.0211. The summed E-state index contributed by atoms with van der Waals surface area (Å²) in [5, 5.41) is 0. The molecular weight excluding hydrogens is 1110 g/mol. The normalized spacial score (nSPS) is 13.2. The van der Waals surface area contributed by atoms with Crippen LogP contribution in [0.15, 0.2) is 36.5 Å². The molecule has 0 aromatic carbocycles. The van der Waals surface area contributed by atoms with E-state index in [1.165, 1.54) is 327 Å². The van der Waals surface area contributed by atoms with Crippen molar-refractivity contribution < 1.29 is 42.1 Å². The lowest BCUT2D eigenvalue weighted by molar-refractivity contribution is -0.870. The molecule has 0 amide bonds. The van der Waals surface area contributed by atoms with Crippen LogP contribution >= 0.6 is 7.82 Å². The Kier molecular flexibility index (Phi) is 68.2. The molecule has 9 nitrogen and oxygen atoms in total. The predicted molar refractivity (Wildman–Crippen MR) is 381 cm³/mol. The van der Waals surface area contributed by atoms with Gasteiger partial charge in [0.05, 0.1) is 27.7 Å². The number of esters is 2. The Morgan fingerprint density at radius 3 is 0.909 bits per heavy atom. The Labute approximate surface area is 548 Å². The Morgan fingerprint density at radius 2 is 0.614 bits per heavy atom. The first kappa shape index (κ1) is 86.2. The Morgan fingerprint density at radius 1 is 0.352 bits per heavy atom. The fraction of sp³-hybridized carbons (Fsp3) is 0.897. The van der Waals surface area contributed by atoms with Crippen LogP contribution < -0.4 is 0 Å². The van der Waals surface area contributed by atoms with Gasteiger partial charge in [0, 0.05) is 12.8 Å². The number of carbonyl (C=O) groups is 2. The molecule has 0 bridgehead atoms. The zero-order valence-electron chi connectivity index (χ0n) is 59.5. The molecule has 0 aromatic rings. The first-order chi connectivity index (χ1) is 43.0. The van der Waals surface area contributed by atoms with Crippen LogP contribution in [-0.2, 0) is 32.7 Å². The second-order valence-corrected chi connectivity index (χ2v) is 29.2. The van der Waals surface area contributed by atoms with Crippen LogP contribution in [0, 0.1) is 0 Å².